The maximum Gasteiger partial charge on any atom is 0.221 e. The molecule has 2 aromatic carbocycles. The molecule has 0 aliphatic rings. The van der Waals surface area contributed by atoms with Crippen molar-refractivity contribution in [1.82, 2.24) is 0 Å². The molecule has 0 saturated carbocycles. The van der Waals surface area contributed by atoms with Crippen LogP contribution in [-0.4, -0.2) is 5.91 Å². The molecule has 0 atom stereocenters. The third kappa shape index (κ3) is 4.18. The second-order valence-corrected chi connectivity index (χ2v) is 5.80. The summed E-state index contributed by atoms with van der Waals surface area (Å²) in [5.41, 5.74) is 8.19. The van der Waals surface area contributed by atoms with Crippen molar-refractivity contribution in [3.05, 3.63) is 53.1 Å². The Hall–Kier alpha value is -1.65. The Morgan fingerprint density at radius 1 is 1.25 bits per heavy atom. The van der Waals surface area contributed by atoms with E-state index in [4.69, 9.17) is 17.3 Å². The van der Waals surface area contributed by atoms with E-state index >= 15 is 0 Å². The molecule has 0 bridgehead atoms. The highest BCUT2D eigenvalue weighted by molar-refractivity contribution is 7.98. The summed E-state index contributed by atoms with van der Waals surface area (Å²) >= 11 is 7.82. The number of hydrogen-bond acceptors (Lipinski definition) is 3. The van der Waals surface area contributed by atoms with Gasteiger partial charge in [0.2, 0.25) is 5.91 Å². The summed E-state index contributed by atoms with van der Waals surface area (Å²) in [5.74, 6) is 0.706. The third-order valence-corrected chi connectivity index (χ3v) is 4.06. The molecule has 0 spiro atoms. The predicted molar refractivity (Wildman–Crippen MR) is 86.2 cm³/mol. The molecule has 2 rings (SSSR count). The fourth-order valence-electron chi connectivity index (χ4n) is 1.68. The Balaban J connectivity index is 1.98. The van der Waals surface area contributed by atoms with Gasteiger partial charge in [0.25, 0.3) is 0 Å². The van der Waals surface area contributed by atoms with Crippen LogP contribution in [0.5, 0.6) is 0 Å². The molecule has 0 aliphatic carbocycles. The van der Waals surface area contributed by atoms with Gasteiger partial charge in [0.1, 0.15) is 0 Å². The largest absolute Gasteiger partial charge is 0.399 e. The van der Waals surface area contributed by atoms with Gasteiger partial charge >= 0.3 is 0 Å². The van der Waals surface area contributed by atoms with Gasteiger partial charge in [0.05, 0.1) is 0 Å². The zero-order chi connectivity index (χ0) is 14.5. The van der Waals surface area contributed by atoms with Crippen LogP contribution in [0.25, 0.3) is 0 Å². The number of halogens is 1. The van der Waals surface area contributed by atoms with Crippen LogP contribution in [0.4, 0.5) is 11.4 Å². The number of benzene rings is 2. The minimum absolute atomic E-state index is 0.0703. The van der Waals surface area contributed by atoms with Gasteiger partial charge in [-0.25, -0.2) is 0 Å². The van der Waals surface area contributed by atoms with Crippen LogP contribution in [0.3, 0.4) is 0 Å². The zero-order valence-electron chi connectivity index (χ0n) is 11.0. The van der Waals surface area contributed by atoms with Crippen molar-refractivity contribution in [1.29, 1.82) is 0 Å². The number of carbonyl (C=O) groups is 1. The first-order valence-electron chi connectivity index (χ1n) is 6.09. The first-order valence-corrected chi connectivity index (χ1v) is 7.45. The number of anilines is 2. The number of rotatable bonds is 4. The SMILES string of the molecule is CC(=O)Nc1ccc(SCc2ccc(N)cc2Cl)cc1. The van der Waals surface area contributed by atoms with Crippen molar-refractivity contribution < 1.29 is 4.79 Å². The van der Waals surface area contributed by atoms with E-state index in [9.17, 15) is 4.79 Å². The summed E-state index contributed by atoms with van der Waals surface area (Å²) in [7, 11) is 0. The van der Waals surface area contributed by atoms with Gasteiger partial charge < -0.3 is 11.1 Å². The fourth-order valence-corrected chi connectivity index (χ4v) is 2.92. The smallest absolute Gasteiger partial charge is 0.221 e. The van der Waals surface area contributed by atoms with Gasteiger partial charge in [-0.2, -0.15) is 0 Å². The molecule has 0 saturated heterocycles. The number of nitrogens with two attached hydrogens (primary N) is 1. The molecule has 20 heavy (non-hydrogen) atoms. The molecule has 1 amide bonds. The lowest BCUT2D eigenvalue weighted by molar-refractivity contribution is -0.114. The first-order chi connectivity index (χ1) is 9.54. The minimum Gasteiger partial charge on any atom is -0.399 e. The lowest BCUT2D eigenvalue weighted by Crippen LogP contribution is -2.05. The molecule has 3 nitrogen and oxygen atoms in total. The molecule has 3 N–H and O–H groups in total. The monoisotopic (exact) mass is 306 g/mol. The standard InChI is InChI=1S/C15H15ClN2OS/c1-10(19)18-13-4-6-14(7-5-13)20-9-11-2-3-12(17)8-15(11)16/h2-8H,9,17H2,1H3,(H,18,19). The Labute approximate surface area is 127 Å². The van der Waals surface area contributed by atoms with Gasteiger partial charge in [0.15, 0.2) is 0 Å². The van der Waals surface area contributed by atoms with E-state index < -0.39 is 0 Å². The van der Waals surface area contributed by atoms with Crippen LogP contribution in [0.15, 0.2) is 47.4 Å². The van der Waals surface area contributed by atoms with Crippen LogP contribution < -0.4 is 11.1 Å². The molecule has 0 heterocycles. The normalized spacial score (nSPS) is 10.3. The van der Waals surface area contributed by atoms with E-state index in [1.165, 1.54) is 6.92 Å². The van der Waals surface area contributed by atoms with Crippen LogP contribution in [0.2, 0.25) is 5.02 Å². The summed E-state index contributed by atoms with van der Waals surface area (Å²) in [6, 6.07) is 13.3. The number of amides is 1. The number of nitrogens with one attached hydrogen (secondary N) is 1. The topological polar surface area (TPSA) is 55.1 Å². The first kappa shape index (κ1) is 14.8. The quantitative estimate of drug-likeness (QED) is 0.658. The van der Waals surface area contributed by atoms with Crippen molar-refractivity contribution >= 4 is 40.6 Å². The molecule has 5 heteroatoms. The summed E-state index contributed by atoms with van der Waals surface area (Å²) < 4.78 is 0. The molecular formula is C15H15ClN2OS. The van der Waals surface area contributed by atoms with E-state index in [1.807, 2.05) is 36.4 Å². The molecule has 104 valence electrons. The lowest BCUT2D eigenvalue weighted by Gasteiger charge is -2.06. The van der Waals surface area contributed by atoms with E-state index in [1.54, 1.807) is 17.8 Å². The predicted octanol–water partition coefficient (Wildman–Crippen LogP) is 4.17. The Kier molecular flexibility index (Phi) is 4.93. The number of carbonyl (C=O) groups excluding carboxylic acids is 1. The minimum atomic E-state index is -0.0703. The highest BCUT2D eigenvalue weighted by Gasteiger charge is 2.03. The zero-order valence-corrected chi connectivity index (χ0v) is 12.6. The van der Waals surface area contributed by atoms with Gasteiger partial charge in [-0.3, -0.25) is 4.79 Å². The van der Waals surface area contributed by atoms with Crippen LogP contribution >= 0.6 is 23.4 Å². The number of hydrogen-bond donors (Lipinski definition) is 2. The van der Waals surface area contributed by atoms with Crippen molar-refractivity contribution in [2.45, 2.75) is 17.6 Å². The maximum absolute atomic E-state index is 10.9. The van der Waals surface area contributed by atoms with Crippen LogP contribution in [0.1, 0.15) is 12.5 Å². The average Bonchev–Trinajstić information content (AvgIpc) is 2.39. The molecular weight excluding hydrogens is 292 g/mol. The highest BCUT2D eigenvalue weighted by Crippen LogP contribution is 2.28. The second kappa shape index (κ2) is 6.68. The number of thioether (sulfide) groups is 1. The average molecular weight is 307 g/mol. The highest BCUT2D eigenvalue weighted by atomic mass is 35.5. The molecule has 0 radical (unpaired) electrons. The van der Waals surface area contributed by atoms with Crippen LogP contribution in [0, 0.1) is 0 Å². The lowest BCUT2D eigenvalue weighted by atomic mass is 10.2. The van der Waals surface area contributed by atoms with Crippen molar-refractivity contribution in [3.63, 3.8) is 0 Å². The van der Waals surface area contributed by atoms with E-state index in [-0.39, 0.29) is 5.91 Å². The van der Waals surface area contributed by atoms with Gasteiger partial charge in [-0.1, -0.05) is 17.7 Å². The summed E-state index contributed by atoms with van der Waals surface area (Å²) in [4.78, 5) is 12.1. The van der Waals surface area contributed by atoms with Gasteiger partial charge in [0, 0.05) is 34.0 Å². The van der Waals surface area contributed by atoms with Gasteiger partial charge in [-0.05, 0) is 42.0 Å². The van der Waals surface area contributed by atoms with E-state index in [0.29, 0.717) is 10.7 Å². The Morgan fingerprint density at radius 2 is 1.95 bits per heavy atom. The molecule has 0 aliphatic heterocycles. The Bertz CT molecular complexity index is 614. The summed E-state index contributed by atoms with van der Waals surface area (Å²) in [5, 5.41) is 3.43. The van der Waals surface area contributed by atoms with Crippen LogP contribution in [-0.2, 0) is 10.5 Å². The summed E-state index contributed by atoms with van der Waals surface area (Å²) in [6.07, 6.45) is 0. The van der Waals surface area contributed by atoms with Crippen molar-refractivity contribution in [2.24, 2.45) is 0 Å². The fraction of sp³-hybridized carbons (Fsp3) is 0.133. The maximum atomic E-state index is 10.9. The molecule has 0 fully saturated rings. The van der Waals surface area contributed by atoms with Crippen molar-refractivity contribution in [3.8, 4) is 0 Å². The molecule has 0 aromatic heterocycles. The summed E-state index contributed by atoms with van der Waals surface area (Å²) in [6.45, 7) is 1.49. The second-order valence-electron chi connectivity index (χ2n) is 4.35. The molecule has 2 aromatic rings. The van der Waals surface area contributed by atoms with Gasteiger partial charge in [-0.15, -0.1) is 11.8 Å². The van der Waals surface area contributed by atoms with E-state index in [2.05, 4.69) is 5.32 Å². The van der Waals surface area contributed by atoms with E-state index in [0.717, 1.165) is 21.9 Å². The number of nitrogen functional groups attached to an aromatic ring is 1. The third-order valence-electron chi connectivity index (χ3n) is 2.65. The van der Waals surface area contributed by atoms with Crippen molar-refractivity contribution in [2.75, 3.05) is 11.1 Å². The Morgan fingerprint density at radius 3 is 2.55 bits per heavy atom. The molecule has 0 unspecified atom stereocenters.